The van der Waals surface area contributed by atoms with Crippen molar-refractivity contribution in [2.45, 2.75) is 34.1 Å². The smallest absolute Gasteiger partial charge is 0.406 e. The normalized spacial score (nSPS) is 27.0. The van der Waals surface area contributed by atoms with Crippen LogP contribution in [0.1, 0.15) is 27.7 Å². The standard InChI is InChI=1S/C15H20F3NO.C2H6/c1-5-11(20-15(16,17)18)6-10(4)19-7-12-13(8-19)14(12)9(2)3;1-2/h5-6,9,12-14H,1,4,7-8H2,2-3H3;1-2H3/b11-6+;. The number of fused-ring (bicyclic) bond motifs is 1. The van der Waals surface area contributed by atoms with Gasteiger partial charge in [-0.3, -0.25) is 0 Å². The topological polar surface area (TPSA) is 12.5 Å². The highest BCUT2D eigenvalue weighted by atomic mass is 19.4. The molecule has 0 spiro atoms. The van der Waals surface area contributed by atoms with E-state index in [1.807, 2.05) is 18.7 Å². The van der Waals surface area contributed by atoms with Gasteiger partial charge in [-0.1, -0.05) is 40.9 Å². The number of hydrogen-bond acceptors (Lipinski definition) is 2. The van der Waals surface area contributed by atoms with Crippen molar-refractivity contribution < 1.29 is 17.9 Å². The van der Waals surface area contributed by atoms with Crippen LogP contribution in [0.25, 0.3) is 0 Å². The molecule has 1 saturated heterocycles. The van der Waals surface area contributed by atoms with E-state index in [-0.39, 0.29) is 5.76 Å². The van der Waals surface area contributed by atoms with Crippen molar-refractivity contribution in [2.24, 2.45) is 23.7 Å². The van der Waals surface area contributed by atoms with Crippen LogP contribution < -0.4 is 0 Å². The molecule has 1 heterocycles. The van der Waals surface area contributed by atoms with E-state index in [9.17, 15) is 13.2 Å². The molecule has 0 radical (unpaired) electrons. The molecule has 2 rings (SSSR count). The van der Waals surface area contributed by atoms with Crippen molar-refractivity contribution in [3.8, 4) is 0 Å². The Balaban J connectivity index is 0.00000116. The molecule has 0 aromatic carbocycles. The van der Waals surface area contributed by atoms with E-state index < -0.39 is 6.36 Å². The summed E-state index contributed by atoms with van der Waals surface area (Å²) in [7, 11) is 0. The van der Waals surface area contributed by atoms with Gasteiger partial charge in [-0.05, 0) is 29.7 Å². The number of rotatable bonds is 5. The van der Waals surface area contributed by atoms with Crippen molar-refractivity contribution in [3.63, 3.8) is 0 Å². The average Bonchev–Trinajstić information content (AvgIpc) is 2.94. The second kappa shape index (κ2) is 7.25. The summed E-state index contributed by atoms with van der Waals surface area (Å²) in [6.07, 6.45) is -2.35. The first-order chi connectivity index (χ1) is 10.2. The molecule has 22 heavy (non-hydrogen) atoms. The van der Waals surface area contributed by atoms with E-state index >= 15 is 0 Å². The van der Waals surface area contributed by atoms with Crippen LogP contribution in [0, 0.1) is 23.7 Å². The zero-order valence-corrected chi connectivity index (χ0v) is 13.8. The van der Waals surface area contributed by atoms with E-state index in [2.05, 4.69) is 31.7 Å². The third-order valence-corrected chi connectivity index (χ3v) is 4.18. The Morgan fingerprint density at radius 3 is 2.09 bits per heavy atom. The van der Waals surface area contributed by atoms with Gasteiger partial charge in [0.2, 0.25) is 0 Å². The molecular formula is C17H26F3NO. The van der Waals surface area contributed by atoms with Gasteiger partial charge in [0.25, 0.3) is 0 Å². The van der Waals surface area contributed by atoms with Crippen molar-refractivity contribution in [3.05, 3.63) is 36.8 Å². The summed E-state index contributed by atoms with van der Waals surface area (Å²) in [6, 6.07) is 0. The van der Waals surface area contributed by atoms with Gasteiger partial charge in [0.1, 0.15) is 5.76 Å². The summed E-state index contributed by atoms with van der Waals surface area (Å²) in [4.78, 5) is 2.03. The first kappa shape index (κ1) is 18.7. The molecule has 1 aliphatic heterocycles. The van der Waals surface area contributed by atoms with Crippen molar-refractivity contribution >= 4 is 0 Å². The van der Waals surface area contributed by atoms with Gasteiger partial charge in [-0.15, -0.1) is 13.2 Å². The summed E-state index contributed by atoms with van der Waals surface area (Å²) in [5, 5.41) is 0. The molecule has 2 nitrogen and oxygen atoms in total. The largest absolute Gasteiger partial charge is 0.573 e. The van der Waals surface area contributed by atoms with Crippen LogP contribution in [0.2, 0.25) is 0 Å². The van der Waals surface area contributed by atoms with Gasteiger partial charge in [0.15, 0.2) is 0 Å². The van der Waals surface area contributed by atoms with Gasteiger partial charge in [-0.25, -0.2) is 0 Å². The van der Waals surface area contributed by atoms with Crippen LogP contribution in [0.5, 0.6) is 0 Å². The minimum atomic E-state index is -4.70. The van der Waals surface area contributed by atoms with Gasteiger partial charge >= 0.3 is 6.36 Å². The third kappa shape index (κ3) is 4.55. The zero-order chi connectivity index (χ0) is 17.1. The number of likely N-dealkylation sites (tertiary alicyclic amines) is 1. The number of hydrogen-bond donors (Lipinski definition) is 0. The molecule has 1 aliphatic carbocycles. The summed E-state index contributed by atoms with van der Waals surface area (Å²) >= 11 is 0. The molecule has 0 N–H and O–H groups in total. The number of halogens is 3. The Hall–Kier alpha value is -1.39. The molecule has 2 fully saturated rings. The molecule has 2 atom stereocenters. The number of alkyl halides is 3. The fourth-order valence-corrected chi connectivity index (χ4v) is 3.31. The van der Waals surface area contributed by atoms with Crippen molar-refractivity contribution in [1.82, 2.24) is 4.90 Å². The second-order valence-corrected chi connectivity index (χ2v) is 5.84. The number of piperidine rings is 1. The maximum absolute atomic E-state index is 12.2. The predicted octanol–water partition coefficient (Wildman–Crippen LogP) is 4.97. The lowest BCUT2D eigenvalue weighted by molar-refractivity contribution is -0.303. The van der Waals surface area contributed by atoms with Crippen molar-refractivity contribution in [2.75, 3.05) is 13.1 Å². The van der Waals surface area contributed by atoms with Gasteiger partial charge in [-0.2, -0.15) is 0 Å². The molecule has 0 aromatic heterocycles. The highest BCUT2D eigenvalue weighted by molar-refractivity contribution is 5.25. The molecule has 0 amide bonds. The fraction of sp³-hybridized carbons (Fsp3) is 0.647. The SMILES string of the molecule is C=C/C(=C\C(=C)N1CC2C(C1)C2C(C)C)OC(F)(F)F.CC. The van der Waals surface area contributed by atoms with Gasteiger partial charge in [0.05, 0.1) is 0 Å². The lowest BCUT2D eigenvalue weighted by Crippen LogP contribution is -2.24. The van der Waals surface area contributed by atoms with E-state index in [0.29, 0.717) is 23.5 Å². The maximum Gasteiger partial charge on any atom is 0.573 e. The monoisotopic (exact) mass is 317 g/mol. The highest BCUT2D eigenvalue weighted by Crippen LogP contribution is 2.56. The van der Waals surface area contributed by atoms with E-state index in [1.165, 1.54) is 6.08 Å². The van der Waals surface area contributed by atoms with Crippen LogP contribution in [0.3, 0.4) is 0 Å². The zero-order valence-electron chi connectivity index (χ0n) is 13.8. The number of ether oxygens (including phenoxy) is 1. The molecule has 0 aromatic rings. The van der Waals surface area contributed by atoms with Crippen LogP contribution >= 0.6 is 0 Å². The maximum atomic E-state index is 12.2. The molecular weight excluding hydrogens is 291 g/mol. The highest BCUT2D eigenvalue weighted by Gasteiger charge is 2.56. The Bertz CT molecular complexity index is 428. The molecule has 2 unspecified atom stereocenters. The van der Waals surface area contributed by atoms with E-state index in [1.54, 1.807) is 0 Å². The first-order valence-corrected chi connectivity index (χ1v) is 7.76. The summed E-state index contributed by atoms with van der Waals surface area (Å²) in [5.41, 5.74) is 0.554. The van der Waals surface area contributed by atoms with Crippen LogP contribution in [0.4, 0.5) is 13.2 Å². The summed E-state index contributed by atoms with van der Waals surface area (Å²) < 4.78 is 40.4. The molecule has 2 aliphatic rings. The number of allylic oxidation sites excluding steroid dienone is 2. The third-order valence-electron chi connectivity index (χ3n) is 4.18. The Morgan fingerprint density at radius 1 is 1.23 bits per heavy atom. The van der Waals surface area contributed by atoms with Crippen LogP contribution in [0.15, 0.2) is 36.8 Å². The van der Waals surface area contributed by atoms with Crippen molar-refractivity contribution in [1.29, 1.82) is 0 Å². The quantitative estimate of drug-likeness (QED) is 0.524. The average molecular weight is 317 g/mol. The predicted molar refractivity (Wildman–Crippen MR) is 82.8 cm³/mol. The van der Waals surface area contributed by atoms with Gasteiger partial charge in [0, 0.05) is 24.9 Å². The Morgan fingerprint density at radius 2 is 1.73 bits per heavy atom. The van der Waals surface area contributed by atoms with Crippen LogP contribution in [-0.2, 0) is 4.74 Å². The Kier molecular flexibility index (Phi) is 6.15. The van der Waals surface area contributed by atoms with E-state index in [4.69, 9.17) is 0 Å². The van der Waals surface area contributed by atoms with Gasteiger partial charge < -0.3 is 9.64 Å². The fourth-order valence-electron chi connectivity index (χ4n) is 3.31. The second-order valence-electron chi connectivity index (χ2n) is 5.84. The molecule has 1 saturated carbocycles. The molecule has 126 valence electrons. The minimum Gasteiger partial charge on any atom is -0.406 e. The lowest BCUT2D eigenvalue weighted by Gasteiger charge is -2.23. The lowest BCUT2D eigenvalue weighted by atomic mass is 10.0. The summed E-state index contributed by atoms with van der Waals surface area (Å²) in [5.74, 6) is 2.44. The molecule has 5 heteroatoms. The minimum absolute atomic E-state index is 0.316. The summed E-state index contributed by atoms with van der Waals surface area (Å²) in [6.45, 7) is 17.3. The Labute approximate surface area is 131 Å². The first-order valence-electron chi connectivity index (χ1n) is 7.76. The van der Waals surface area contributed by atoms with Crippen LogP contribution in [-0.4, -0.2) is 24.4 Å². The molecule has 0 bridgehead atoms. The van der Waals surface area contributed by atoms with E-state index in [0.717, 1.165) is 25.1 Å². The number of nitrogens with zero attached hydrogens (tertiary/aromatic N) is 1.